The molecule has 0 aliphatic rings. The van der Waals surface area contributed by atoms with Crippen LogP contribution in [0.15, 0.2) is 30.3 Å². The molecule has 0 aliphatic carbocycles. The van der Waals surface area contributed by atoms with E-state index in [1.54, 1.807) is 7.05 Å². The molecule has 0 spiro atoms. The quantitative estimate of drug-likeness (QED) is 0.644. The highest BCUT2D eigenvalue weighted by Crippen LogP contribution is 2.15. The Balaban J connectivity index is 2.76. The summed E-state index contributed by atoms with van der Waals surface area (Å²) in [7, 11) is 1.66. The fourth-order valence-electron chi connectivity index (χ4n) is 1.71. The minimum Gasteiger partial charge on any atom is -0.296 e. The molecule has 0 fully saturated rings. The van der Waals surface area contributed by atoms with Crippen LogP contribution in [-0.2, 0) is 0 Å². The van der Waals surface area contributed by atoms with E-state index in [9.17, 15) is 10.0 Å². The van der Waals surface area contributed by atoms with E-state index in [2.05, 4.69) is 0 Å². The number of carbonyl (C=O) groups excluding carboxylic acids is 1. The molecule has 1 aromatic rings. The zero-order valence-electron chi connectivity index (χ0n) is 10.6. The third kappa shape index (κ3) is 3.20. The van der Waals surface area contributed by atoms with Crippen molar-refractivity contribution in [3.63, 3.8) is 0 Å². The average Bonchev–Trinajstić information content (AvgIpc) is 2.39. The van der Waals surface area contributed by atoms with E-state index in [0.717, 1.165) is 23.6 Å². The summed E-state index contributed by atoms with van der Waals surface area (Å²) in [5.74, 6) is 0. The van der Waals surface area contributed by atoms with Gasteiger partial charge in [-0.15, -0.1) is 0 Å². The number of benzene rings is 1. The van der Waals surface area contributed by atoms with Crippen LogP contribution in [0.2, 0.25) is 0 Å². The van der Waals surface area contributed by atoms with Crippen molar-refractivity contribution in [2.45, 2.75) is 32.7 Å². The van der Waals surface area contributed by atoms with Gasteiger partial charge in [-0.05, 0) is 25.0 Å². The fourth-order valence-corrected chi connectivity index (χ4v) is 1.71. The molecule has 4 heteroatoms. The lowest BCUT2D eigenvalue weighted by atomic mass is 10.2. The van der Waals surface area contributed by atoms with Gasteiger partial charge in [0.15, 0.2) is 0 Å². The summed E-state index contributed by atoms with van der Waals surface area (Å²) >= 11 is 0. The predicted molar refractivity (Wildman–Crippen MR) is 68.2 cm³/mol. The highest BCUT2D eigenvalue weighted by atomic mass is 16.5. The molecule has 1 aromatic carbocycles. The van der Waals surface area contributed by atoms with E-state index in [-0.39, 0.29) is 6.04 Å². The molecule has 0 saturated carbocycles. The number of hydrogen-bond donors (Lipinski definition) is 1. The molecule has 0 unspecified atom stereocenters. The van der Waals surface area contributed by atoms with Crippen molar-refractivity contribution < 1.29 is 10.0 Å². The third-order valence-electron chi connectivity index (χ3n) is 2.91. The molecule has 0 bridgehead atoms. The fraction of sp³-hybridized carbons (Fsp3) is 0.462. The van der Waals surface area contributed by atoms with E-state index in [1.165, 1.54) is 4.90 Å². The number of carbonyl (C=O) groups is 1. The number of anilines is 1. The SMILES string of the molecule is CCC(CC)N(O)C(=O)N(C)c1ccccc1. The minimum atomic E-state index is -0.398. The average molecular weight is 236 g/mol. The Bertz CT molecular complexity index is 350. The van der Waals surface area contributed by atoms with Crippen LogP contribution in [-0.4, -0.2) is 29.4 Å². The Morgan fingerprint density at radius 1 is 1.24 bits per heavy atom. The van der Waals surface area contributed by atoms with Gasteiger partial charge < -0.3 is 0 Å². The first-order valence-electron chi connectivity index (χ1n) is 5.92. The maximum atomic E-state index is 12.0. The molecule has 0 heterocycles. The van der Waals surface area contributed by atoms with Gasteiger partial charge in [-0.1, -0.05) is 32.0 Å². The number of rotatable bonds is 4. The van der Waals surface area contributed by atoms with Gasteiger partial charge in [-0.3, -0.25) is 10.1 Å². The molecule has 0 aromatic heterocycles. The Labute approximate surface area is 102 Å². The van der Waals surface area contributed by atoms with Gasteiger partial charge in [0, 0.05) is 12.7 Å². The highest BCUT2D eigenvalue weighted by molar-refractivity contribution is 5.90. The normalized spacial score (nSPS) is 10.4. The summed E-state index contributed by atoms with van der Waals surface area (Å²) < 4.78 is 0. The summed E-state index contributed by atoms with van der Waals surface area (Å²) in [6.07, 6.45) is 1.47. The van der Waals surface area contributed by atoms with Crippen LogP contribution < -0.4 is 4.90 Å². The molecule has 0 saturated heterocycles. The standard InChI is InChI=1S/C13H20N2O2/c1-4-11(5-2)15(17)13(16)14(3)12-9-7-6-8-10-12/h6-11,17H,4-5H2,1-3H3. The van der Waals surface area contributed by atoms with Crippen LogP contribution in [0.3, 0.4) is 0 Å². The molecule has 17 heavy (non-hydrogen) atoms. The van der Waals surface area contributed by atoms with Crippen LogP contribution >= 0.6 is 0 Å². The van der Waals surface area contributed by atoms with Gasteiger partial charge >= 0.3 is 6.03 Å². The molecule has 0 radical (unpaired) electrons. The molecule has 1 rings (SSSR count). The molecule has 4 nitrogen and oxygen atoms in total. The highest BCUT2D eigenvalue weighted by Gasteiger charge is 2.22. The second-order valence-electron chi connectivity index (χ2n) is 3.99. The lowest BCUT2D eigenvalue weighted by Gasteiger charge is -2.28. The summed E-state index contributed by atoms with van der Waals surface area (Å²) in [6, 6.07) is 8.74. The number of nitrogens with zero attached hydrogens (tertiary/aromatic N) is 2. The summed E-state index contributed by atoms with van der Waals surface area (Å²) in [5, 5.41) is 10.7. The lowest BCUT2D eigenvalue weighted by Crippen LogP contribution is -2.44. The Kier molecular flexibility index (Phi) is 4.97. The third-order valence-corrected chi connectivity index (χ3v) is 2.91. The van der Waals surface area contributed by atoms with Crippen LogP contribution in [0.4, 0.5) is 10.5 Å². The predicted octanol–water partition coefficient (Wildman–Crippen LogP) is 3.12. The molecular formula is C13H20N2O2. The van der Waals surface area contributed by atoms with Gasteiger partial charge in [0.05, 0.1) is 6.04 Å². The van der Waals surface area contributed by atoms with Gasteiger partial charge in [-0.25, -0.2) is 9.86 Å². The number of para-hydroxylation sites is 1. The van der Waals surface area contributed by atoms with E-state index < -0.39 is 6.03 Å². The number of hydroxylamine groups is 2. The summed E-state index contributed by atoms with van der Waals surface area (Å²) in [5.41, 5.74) is 0.766. The van der Waals surface area contributed by atoms with E-state index in [1.807, 2.05) is 44.2 Å². The van der Waals surface area contributed by atoms with Crippen molar-refractivity contribution in [3.8, 4) is 0 Å². The molecule has 0 atom stereocenters. The molecule has 94 valence electrons. The molecule has 1 N–H and O–H groups in total. The van der Waals surface area contributed by atoms with Crippen LogP contribution in [0.5, 0.6) is 0 Å². The maximum absolute atomic E-state index is 12.0. The van der Waals surface area contributed by atoms with Gasteiger partial charge in [-0.2, -0.15) is 0 Å². The van der Waals surface area contributed by atoms with Crippen LogP contribution in [0.1, 0.15) is 26.7 Å². The smallest absolute Gasteiger partial charge is 0.296 e. The largest absolute Gasteiger partial charge is 0.348 e. The van der Waals surface area contributed by atoms with Crippen molar-refractivity contribution >= 4 is 11.7 Å². The van der Waals surface area contributed by atoms with Crippen molar-refractivity contribution in [1.29, 1.82) is 0 Å². The molecule has 0 aliphatic heterocycles. The minimum absolute atomic E-state index is 0.131. The molecular weight excluding hydrogens is 216 g/mol. The van der Waals surface area contributed by atoms with Crippen molar-refractivity contribution in [1.82, 2.24) is 5.06 Å². The summed E-state index contributed by atoms with van der Waals surface area (Å²) in [4.78, 5) is 13.4. The van der Waals surface area contributed by atoms with Gasteiger partial charge in [0.1, 0.15) is 0 Å². The van der Waals surface area contributed by atoms with Gasteiger partial charge in [0.25, 0.3) is 0 Å². The van der Waals surface area contributed by atoms with Crippen molar-refractivity contribution in [2.24, 2.45) is 0 Å². The van der Waals surface area contributed by atoms with E-state index in [4.69, 9.17) is 0 Å². The zero-order valence-corrected chi connectivity index (χ0v) is 10.6. The monoisotopic (exact) mass is 236 g/mol. The van der Waals surface area contributed by atoms with Crippen molar-refractivity contribution in [2.75, 3.05) is 11.9 Å². The van der Waals surface area contributed by atoms with E-state index >= 15 is 0 Å². The maximum Gasteiger partial charge on any atom is 0.348 e. The Morgan fingerprint density at radius 3 is 2.24 bits per heavy atom. The Morgan fingerprint density at radius 2 is 1.76 bits per heavy atom. The molecule has 2 amide bonds. The number of hydrogen-bond acceptors (Lipinski definition) is 2. The first kappa shape index (κ1) is 13.5. The zero-order chi connectivity index (χ0) is 12.8. The van der Waals surface area contributed by atoms with E-state index in [0.29, 0.717) is 0 Å². The first-order valence-corrected chi connectivity index (χ1v) is 5.92. The second kappa shape index (κ2) is 6.25. The first-order chi connectivity index (χ1) is 8.11. The van der Waals surface area contributed by atoms with Gasteiger partial charge in [0.2, 0.25) is 0 Å². The topological polar surface area (TPSA) is 43.8 Å². The van der Waals surface area contributed by atoms with Crippen molar-refractivity contribution in [3.05, 3.63) is 30.3 Å². The van der Waals surface area contributed by atoms with Crippen LogP contribution in [0, 0.1) is 0 Å². The number of amides is 2. The Hall–Kier alpha value is -1.55. The second-order valence-corrected chi connectivity index (χ2v) is 3.99. The van der Waals surface area contributed by atoms with Crippen LogP contribution in [0.25, 0.3) is 0 Å². The summed E-state index contributed by atoms with van der Waals surface area (Å²) in [6.45, 7) is 3.90. The lowest BCUT2D eigenvalue weighted by molar-refractivity contribution is -0.0769. The number of urea groups is 1.